The Morgan fingerprint density at radius 1 is 1.25 bits per heavy atom. The van der Waals surface area contributed by atoms with Gasteiger partial charge in [0.25, 0.3) is 0 Å². The van der Waals surface area contributed by atoms with E-state index in [9.17, 15) is 14.7 Å². The van der Waals surface area contributed by atoms with E-state index in [0.717, 1.165) is 31.4 Å². The lowest BCUT2D eigenvalue weighted by Crippen LogP contribution is -2.48. The second-order valence-corrected chi connectivity index (χ2v) is 6.59. The predicted molar refractivity (Wildman–Crippen MR) is 82.1 cm³/mol. The van der Waals surface area contributed by atoms with Gasteiger partial charge in [-0.1, -0.05) is 25.7 Å². The molecule has 0 bridgehead atoms. The largest absolute Gasteiger partial charge is 0.481 e. The molecule has 0 heterocycles. The molecule has 0 spiro atoms. The van der Waals surface area contributed by atoms with Crippen LogP contribution < -0.4 is 10.6 Å². The van der Waals surface area contributed by atoms with Gasteiger partial charge in [0.15, 0.2) is 0 Å². The molecule has 0 aromatic carbocycles. The molecule has 20 heavy (non-hydrogen) atoms. The van der Waals surface area contributed by atoms with Crippen LogP contribution >= 0.6 is 11.8 Å². The Morgan fingerprint density at radius 3 is 2.35 bits per heavy atom. The second kappa shape index (κ2) is 8.39. The van der Waals surface area contributed by atoms with Crippen LogP contribution in [-0.4, -0.2) is 41.7 Å². The second-order valence-electron chi connectivity index (χ2n) is 5.68. The zero-order valence-corrected chi connectivity index (χ0v) is 13.2. The third kappa shape index (κ3) is 5.23. The van der Waals surface area contributed by atoms with Crippen molar-refractivity contribution in [2.75, 3.05) is 18.6 Å². The summed E-state index contributed by atoms with van der Waals surface area (Å²) in [5.41, 5.74) is -0.781. The van der Waals surface area contributed by atoms with E-state index in [4.69, 9.17) is 0 Å². The number of urea groups is 1. The lowest BCUT2D eigenvalue weighted by atomic mass is 9.80. The Kier molecular flexibility index (Phi) is 7.19. The highest BCUT2D eigenvalue weighted by Gasteiger charge is 2.38. The van der Waals surface area contributed by atoms with Crippen molar-refractivity contribution in [3.63, 3.8) is 0 Å². The van der Waals surface area contributed by atoms with E-state index in [2.05, 4.69) is 10.6 Å². The summed E-state index contributed by atoms with van der Waals surface area (Å²) in [4.78, 5) is 23.4. The van der Waals surface area contributed by atoms with Gasteiger partial charge in [-0.3, -0.25) is 4.79 Å². The van der Waals surface area contributed by atoms with Crippen LogP contribution in [0.4, 0.5) is 4.79 Å². The first kappa shape index (κ1) is 17.1. The minimum atomic E-state index is -0.781. The minimum absolute atomic E-state index is 0.0833. The van der Waals surface area contributed by atoms with Crippen LogP contribution in [0.2, 0.25) is 0 Å². The fourth-order valence-electron chi connectivity index (χ4n) is 2.69. The highest BCUT2D eigenvalue weighted by Crippen LogP contribution is 2.34. The summed E-state index contributed by atoms with van der Waals surface area (Å²) in [6.45, 7) is 2.16. The molecule has 1 rings (SSSR count). The van der Waals surface area contributed by atoms with E-state index in [1.165, 1.54) is 0 Å². The first-order valence-electron chi connectivity index (χ1n) is 7.27. The van der Waals surface area contributed by atoms with Crippen LogP contribution in [0.5, 0.6) is 0 Å². The van der Waals surface area contributed by atoms with E-state index < -0.39 is 11.4 Å². The van der Waals surface area contributed by atoms with Crippen molar-refractivity contribution in [3.05, 3.63) is 0 Å². The molecule has 1 atom stereocenters. The Morgan fingerprint density at radius 2 is 1.85 bits per heavy atom. The smallest absolute Gasteiger partial charge is 0.315 e. The third-order valence-electron chi connectivity index (χ3n) is 3.90. The van der Waals surface area contributed by atoms with Gasteiger partial charge in [-0.25, -0.2) is 4.79 Å². The Hall–Kier alpha value is -0.910. The number of carboxylic acid groups (broad SMARTS) is 1. The monoisotopic (exact) mass is 302 g/mol. The zero-order chi connectivity index (χ0) is 15.0. The summed E-state index contributed by atoms with van der Waals surface area (Å²) in [5.74, 6) is 0.0641. The summed E-state index contributed by atoms with van der Waals surface area (Å²) < 4.78 is 0. The Balaban J connectivity index is 2.50. The average Bonchev–Trinajstić information content (AvgIpc) is 2.63. The maximum absolute atomic E-state index is 11.8. The van der Waals surface area contributed by atoms with Crippen molar-refractivity contribution < 1.29 is 14.7 Å². The third-order valence-corrected chi connectivity index (χ3v) is 4.73. The van der Waals surface area contributed by atoms with Crippen molar-refractivity contribution in [3.8, 4) is 0 Å². The van der Waals surface area contributed by atoms with E-state index >= 15 is 0 Å². The SMILES string of the molecule is CSCC(C)NC(=O)NCC1(C(=O)O)CCCCCC1. The number of amides is 2. The lowest BCUT2D eigenvalue weighted by molar-refractivity contribution is -0.149. The number of hydrogen-bond donors (Lipinski definition) is 3. The van der Waals surface area contributed by atoms with Crippen molar-refractivity contribution in [1.29, 1.82) is 0 Å². The fraction of sp³-hybridized carbons (Fsp3) is 0.857. The average molecular weight is 302 g/mol. The molecular weight excluding hydrogens is 276 g/mol. The molecule has 0 aromatic heterocycles. The van der Waals surface area contributed by atoms with Gasteiger partial charge in [0.05, 0.1) is 5.41 Å². The van der Waals surface area contributed by atoms with E-state index in [0.29, 0.717) is 12.8 Å². The van der Waals surface area contributed by atoms with Crippen LogP contribution in [0.15, 0.2) is 0 Å². The Labute approximate surface area is 125 Å². The highest BCUT2D eigenvalue weighted by atomic mass is 32.2. The summed E-state index contributed by atoms with van der Waals surface area (Å²) >= 11 is 1.67. The summed E-state index contributed by atoms with van der Waals surface area (Å²) in [7, 11) is 0. The molecule has 116 valence electrons. The van der Waals surface area contributed by atoms with Gasteiger partial charge < -0.3 is 15.7 Å². The van der Waals surface area contributed by atoms with E-state index in [1.807, 2.05) is 13.2 Å². The van der Waals surface area contributed by atoms with Gasteiger partial charge in [-0.15, -0.1) is 0 Å². The molecule has 2 amide bonds. The van der Waals surface area contributed by atoms with Gasteiger partial charge in [-0.2, -0.15) is 11.8 Å². The summed E-state index contributed by atoms with van der Waals surface area (Å²) in [5, 5.41) is 15.1. The number of thioether (sulfide) groups is 1. The van der Waals surface area contributed by atoms with Crippen LogP contribution in [0.25, 0.3) is 0 Å². The molecule has 0 aliphatic heterocycles. The Bertz CT molecular complexity index is 328. The van der Waals surface area contributed by atoms with Crippen molar-refractivity contribution in [2.45, 2.75) is 51.5 Å². The fourth-order valence-corrected chi connectivity index (χ4v) is 3.27. The minimum Gasteiger partial charge on any atom is -0.481 e. The van der Waals surface area contributed by atoms with E-state index in [-0.39, 0.29) is 18.6 Å². The topological polar surface area (TPSA) is 78.4 Å². The van der Waals surface area contributed by atoms with Gasteiger partial charge in [-0.05, 0) is 26.0 Å². The number of aliphatic carboxylic acids is 1. The van der Waals surface area contributed by atoms with Crippen LogP contribution in [0.1, 0.15) is 45.4 Å². The highest BCUT2D eigenvalue weighted by molar-refractivity contribution is 7.98. The molecular formula is C14H26N2O3S. The van der Waals surface area contributed by atoms with Gasteiger partial charge in [0.1, 0.15) is 0 Å². The van der Waals surface area contributed by atoms with Crippen molar-refractivity contribution in [2.24, 2.45) is 5.41 Å². The summed E-state index contributed by atoms with van der Waals surface area (Å²) in [6.07, 6.45) is 7.34. The normalized spacial score (nSPS) is 19.7. The van der Waals surface area contributed by atoms with E-state index in [1.54, 1.807) is 11.8 Å². The summed E-state index contributed by atoms with van der Waals surface area (Å²) in [6, 6.07) is -0.184. The molecule has 3 N–H and O–H groups in total. The predicted octanol–water partition coefficient (Wildman–Crippen LogP) is 2.46. The molecule has 6 heteroatoms. The zero-order valence-electron chi connectivity index (χ0n) is 12.4. The van der Waals surface area contributed by atoms with Gasteiger partial charge >= 0.3 is 12.0 Å². The number of carboxylic acids is 1. The first-order valence-corrected chi connectivity index (χ1v) is 8.66. The molecule has 5 nitrogen and oxygen atoms in total. The molecule has 1 fully saturated rings. The van der Waals surface area contributed by atoms with Crippen molar-refractivity contribution in [1.82, 2.24) is 10.6 Å². The first-order chi connectivity index (χ1) is 9.50. The quantitative estimate of drug-likeness (QED) is 0.659. The lowest BCUT2D eigenvalue weighted by Gasteiger charge is -2.28. The number of rotatable bonds is 6. The van der Waals surface area contributed by atoms with Crippen molar-refractivity contribution >= 4 is 23.8 Å². The molecule has 0 saturated heterocycles. The number of hydrogen-bond acceptors (Lipinski definition) is 3. The molecule has 1 saturated carbocycles. The maximum atomic E-state index is 11.8. The van der Waals surface area contributed by atoms with Gasteiger partial charge in [0, 0.05) is 18.3 Å². The molecule has 0 radical (unpaired) electrons. The van der Waals surface area contributed by atoms with Crippen LogP contribution in [0, 0.1) is 5.41 Å². The van der Waals surface area contributed by atoms with Crippen LogP contribution in [-0.2, 0) is 4.79 Å². The number of nitrogens with one attached hydrogen (secondary N) is 2. The maximum Gasteiger partial charge on any atom is 0.315 e. The van der Waals surface area contributed by atoms with Crippen LogP contribution in [0.3, 0.4) is 0 Å². The molecule has 1 aliphatic carbocycles. The number of carbonyl (C=O) groups is 2. The molecule has 1 unspecified atom stereocenters. The number of carbonyl (C=O) groups excluding carboxylic acids is 1. The molecule has 0 aromatic rings. The molecule has 1 aliphatic rings. The standard InChI is InChI=1S/C14H26N2O3S/c1-11(9-20-2)16-13(19)15-10-14(12(17)18)7-5-3-4-6-8-14/h11H,3-10H2,1-2H3,(H,17,18)(H2,15,16,19). The van der Waals surface area contributed by atoms with Gasteiger partial charge in [0.2, 0.25) is 0 Å².